The van der Waals surface area contributed by atoms with E-state index in [-0.39, 0.29) is 22.4 Å². The molecule has 0 radical (unpaired) electrons. The average Bonchev–Trinajstić information content (AvgIpc) is 3.49. The van der Waals surface area contributed by atoms with Gasteiger partial charge in [-0.3, -0.25) is 9.59 Å². The van der Waals surface area contributed by atoms with Gasteiger partial charge in [0.15, 0.2) is 28.8 Å². The van der Waals surface area contributed by atoms with Crippen LogP contribution in [0.25, 0.3) is 27.4 Å². The van der Waals surface area contributed by atoms with Crippen LogP contribution in [0.15, 0.2) is 71.7 Å². The lowest BCUT2D eigenvalue weighted by Gasteiger charge is -2.27. The molecule has 242 valence electrons. The minimum Gasteiger partial charge on any atom is -0.493 e. The quantitative estimate of drug-likeness (QED) is 0.183. The summed E-state index contributed by atoms with van der Waals surface area (Å²) in [5.74, 6) is 0.767. The van der Waals surface area contributed by atoms with Crippen LogP contribution in [0.2, 0.25) is 0 Å². The van der Waals surface area contributed by atoms with Gasteiger partial charge in [0.05, 0.1) is 25.3 Å². The molecule has 2 aliphatic rings. The molecule has 1 atom stereocenters. The molecule has 0 saturated carbocycles. The molecule has 10 heteroatoms. The molecule has 1 fully saturated rings. The number of ether oxygens (including phenoxy) is 3. The highest BCUT2D eigenvalue weighted by atomic mass is 19.1. The number of hydrogen-bond donors (Lipinski definition) is 2. The molecule has 2 N–H and O–H groups in total. The first-order valence-corrected chi connectivity index (χ1v) is 15.9. The van der Waals surface area contributed by atoms with E-state index in [1.165, 1.54) is 6.07 Å². The van der Waals surface area contributed by atoms with Crippen LogP contribution in [-0.4, -0.2) is 62.3 Å². The highest BCUT2D eigenvalue weighted by Gasteiger charge is 2.29. The van der Waals surface area contributed by atoms with E-state index < -0.39 is 17.2 Å². The van der Waals surface area contributed by atoms with Crippen LogP contribution < -0.4 is 30.3 Å². The van der Waals surface area contributed by atoms with Crippen LogP contribution in [0, 0.1) is 5.82 Å². The fourth-order valence-corrected chi connectivity index (χ4v) is 6.89. The Labute approximate surface area is 271 Å². The van der Waals surface area contributed by atoms with Gasteiger partial charge in [-0.15, -0.1) is 0 Å². The molecule has 1 saturated heterocycles. The summed E-state index contributed by atoms with van der Waals surface area (Å²) in [5, 5.41) is 8.13. The van der Waals surface area contributed by atoms with E-state index in [1.54, 1.807) is 25.0 Å². The van der Waals surface area contributed by atoms with Crippen molar-refractivity contribution in [1.82, 2.24) is 14.8 Å². The third-order valence-electron chi connectivity index (χ3n) is 9.35. The number of para-hydroxylation sites is 1. The molecule has 2 aliphatic heterocycles. The Morgan fingerprint density at radius 1 is 1.04 bits per heavy atom. The van der Waals surface area contributed by atoms with E-state index in [2.05, 4.69) is 22.6 Å². The van der Waals surface area contributed by atoms with Crippen molar-refractivity contribution >= 4 is 33.3 Å². The number of hydrogen-bond acceptors (Lipinski definition) is 7. The number of carbonyl (C=O) groups is 1. The summed E-state index contributed by atoms with van der Waals surface area (Å²) in [7, 11) is 5.25. The third-order valence-corrected chi connectivity index (χ3v) is 9.35. The molecule has 4 aromatic carbocycles. The summed E-state index contributed by atoms with van der Waals surface area (Å²) in [6.45, 7) is 1.83. The molecule has 5 aromatic rings. The van der Waals surface area contributed by atoms with Gasteiger partial charge in [0.2, 0.25) is 5.43 Å². The number of nitrogens with zero attached hydrogens (tertiary/aromatic N) is 2. The number of rotatable bonds is 10. The van der Waals surface area contributed by atoms with Crippen LogP contribution in [-0.2, 0) is 6.42 Å². The van der Waals surface area contributed by atoms with Gasteiger partial charge in [0, 0.05) is 25.3 Å². The minimum absolute atomic E-state index is 0.0468. The van der Waals surface area contributed by atoms with E-state index in [0.29, 0.717) is 54.0 Å². The average molecular weight is 637 g/mol. The lowest BCUT2D eigenvalue weighted by molar-refractivity contribution is 0.0949. The van der Waals surface area contributed by atoms with Gasteiger partial charge in [-0.05, 0) is 79.9 Å². The molecule has 0 aliphatic carbocycles. The normalized spacial score (nSPS) is 15.4. The number of fused-ring (bicyclic) bond motifs is 3. The zero-order chi connectivity index (χ0) is 32.7. The van der Waals surface area contributed by atoms with Crippen molar-refractivity contribution in [2.45, 2.75) is 31.7 Å². The molecular formula is C37H37FN4O5. The smallest absolute Gasteiger partial charge is 0.256 e. The molecular weight excluding hydrogens is 599 g/mol. The maximum atomic E-state index is 16.0. The second-order valence-electron chi connectivity index (χ2n) is 12.1. The Hall–Kier alpha value is -5.09. The summed E-state index contributed by atoms with van der Waals surface area (Å²) in [5.41, 5.74) is 1.47. The van der Waals surface area contributed by atoms with Gasteiger partial charge < -0.3 is 34.3 Å². The number of likely N-dealkylation sites (tertiary alicyclic amines) is 1. The Bertz CT molecular complexity index is 2080. The zero-order valence-corrected chi connectivity index (χ0v) is 26.7. The van der Waals surface area contributed by atoms with Gasteiger partial charge in [0.1, 0.15) is 16.8 Å². The van der Waals surface area contributed by atoms with Crippen molar-refractivity contribution in [2.24, 2.45) is 0 Å². The summed E-state index contributed by atoms with van der Waals surface area (Å²) in [6.07, 6.45) is 5.08. The van der Waals surface area contributed by atoms with Gasteiger partial charge in [-0.25, -0.2) is 4.39 Å². The summed E-state index contributed by atoms with van der Waals surface area (Å²) in [4.78, 5) is 29.6. The number of halogens is 1. The maximum Gasteiger partial charge on any atom is 0.256 e. The van der Waals surface area contributed by atoms with Crippen LogP contribution >= 0.6 is 0 Å². The van der Waals surface area contributed by atoms with Crippen molar-refractivity contribution in [3.63, 3.8) is 0 Å². The first-order chi connectivity index (χ1) is 22.9. The van der Waals surface area contributed by atoms with E-state index >= 15 is 4.39 Å². The van der Waals surface area contributed by atoms with Gasteiger partial charge in [-0.1, -0.05) is 36.4 Å². The Balaban J connectivity index is 1.28. The maximum absolute atomic E-state index is 16.0. The number of nitrogens with one attached hydrogen (secondary N) is 2. The number of carbonyl (C=O) groups excluding carboxylic acids is 1. The van der Waals surface area contributed by atoms with Crippen molar-refractivity contribution in [3.05, 3.63) is 94.0 Å². The van der Waals surface area contributed by atoms with Crippen molar-refractivity contribution in [3.8, 4) is 28.7 Å². The number of benzene rings is 4. The van der Waals surface area contributed by atoms with Crippen molar-refractivity contribution in [2.75, 3.05) is 46.2 Å². The molecule has 1 unspecified atom stereocenters. The van der Waals surface area contributed by atoms with E-state index in [0.717, 1.165) is 42.1 Å². The largest absolute Gasteiger partial charge is 0.493 e. The highest BCUT2D eigenvalue weighted by Crippen LogP contribution is 2.46. The zero-order valence-electron chi connectivity index (χ0n) is 26.7. The van der Waals surface area contributed by atoms with Gasteiger partial charge >= 0.3 is 0 Å². The molecule has 3 heterocycles. The summed E-state index contributed by atoms with van der Waals surface area (Å²) >= 11 is 0. The second kappa shape index (κ2) is 12.6. The number of aromatic nitrogens is 1. The molecule has 7 rings (SSSR count). The standard InChI is InChI=1S/C37H37FN4O5/c1-41-17-7-11-25(41)14-16-40-37(44)27-21-42-29-18-23-8-4-5-9-24(23)19-31(29)47-36-32(28(38)20-26(33(36)42)34(27)43)39-15-13-22-10-6-12-30(45-2)35(22)46-3/h4-6,8-10,12,18-21,25,39H,7,11,13-17H2,1-3H3,(H,40,44). The first kappa shape index (κ1) is 30.6. The summed E-state index contributed by atoms with van der Waals surface area (Å²) < 4.78 is 35.2. The number of amides is 1. The Morgan fingerprint density at radius 3 is 2.60 bits per heavy atom. The van der Waals surface area contributed by atoms with Crippen molar-refractivity contribution in [1.29, 1.82) is 0 Å². The monoisotopic (exact) mass is 636 g/mol. The lowest BCUT2D eigenvalue weighted by atomic mass is 10.0. The van der Waals surface area contributed by atoms with Crippen LogP contribution in [0.5, 0.6) is 23.0 Å². The Kier molecular flexibility index (Phi) is 8.19. The van der Waals surface area contributed by atoms with Crippen molar-refractivity contribution < 1.29 is 23.4 Å². The van der Waals surface area contributed by atoms with E-state index in [9.17, 15) is 9.59 Å². The highest BCUT2D eigenvalue weighted by molar-refractivity contribution is 6.02. The van der Waals surface area contributed by atoms with Crippen LogP contribution in [0.3, 0.4) is 0 Å². The molecule has 47 heavy (non-hydrogen) atoms. The predicted molar refractivity (Wildman–Crippen MR) is 181 cm³/mol. The van der Waals surface area contributed by atoms with E-state index in [4.69, 9.17) is 14.2 Å². The fourth-order valence-electron chi connectivity index (χ4n) is 6.89. The molecule has 1 aromatic heterocycles. The topological polar surface area (TPSA) is 94.1 Å². The molecule has 0 spiro atoms. The predicted octanol–water partition coefficient (Wildman–Crippen LogP) is 6.27. The van der Waals surface area contributed by atoms with Crippen LogP contribution in [0.4, 0.5) is 10.1 Å². The Morgan fingerprint density at radius 2 is 1.85 bits per heavy atom. The number of pyridine rings is 1. The molecule has 9 nitrogen and oxygen atoms in total. The van der Waals surface area contributed by atoms with Gasteiger partial charge in [0.25, 0.3) is 5.91 Å². The van der Waals surface area contributed by atoms with Gasteiger partial charge in [-0.2, -0.15) is 0 Å². The minimum atomic E-state index is -0.653. The second-order valence-corrected chi connectivity index (χ2v) is 12.1. The summed E-state index contributed by atoms with van der Waals surface area (Å²) in [6, 6.07) is 18.9. The fraction of sp³-hybridized carbons (Fsp3) is 0.297. The first-order valence-electron chi connectivity index (χ1n) is 15.9. The van der Waals surface area contributed by atoms with E-state index in [1.807, 2.05) is 54.6 Å². The number of anilines is 1. The third kappa shape index (κ3) is 5.52. The lowest BCUT2D eigenvalue weighted by Crippen LogP contribution is -2.34. The molecule has 0 bridgehead atoms. The van der Waals surface area contributed by atoms with Crippen LogP contribution in [0.1, 0.15) is 35.2 Å². The molecule has 1 amide bonds. The SMILES string of the molecule is COc1cccc(CCNc2c(F)cc3c(=O)c(C(=O)NCCC4CCCN4C)cn4c3c2Oc2cc3ccccc3cc2-4)c1OC. The number of methoxy groups -OCH3 is 2.